The quantitative estimate of drug-likeness (QED) is 0.210. The summed E-state index contributed by atoms with van der Waals surface area (Å²) in [6.07, 6.45) is 7.26. The topological polar surface area (TPSA) is 146 Å². The monoisotopic (exact) mass is 569 g/mol. The lowest BCUT2D eigenvalue weighted by Crippen LogP contribution is -2.56. The minimum Gasteiger partial charge on any atom is -0.497 e. The van der Waals surface area contributed by atoms with E-state index in [1.807, 2.05) is 12.1 Å². The van der Waals surface area contributed by atoms with Crippen molar-refractivity contribution in [2.24, 2.45) is 5.92 Å². The van der Waals surface area contributed by atoms with E-state index in [0.29, 0.717) is 44.5 Å². The first-order valence-electron chi connectivity index (χ1n) is 14.6. The van der Waals surface area contributed by atoms with Crippen LogP contribution in [0.1, 0.15) is 70.8 Å². The zero-order valence-electron chi connectivity index (χ0n) is 24.2. The molecule has 3 aliphatic rings. The predicted molar refractivity (Wildman–Crippen MR) is 152 cm³/mol. The van der Waals surface area contributed by atoms with Gasteiger partial charge in [-0.3, -0.25) is 19.2 Å². The van der Waals surface area contributed by atoms with E-state index in [-0.39, 0.29) is 24.0 Å². The number of Topliss-reactive ketones (excluding diaryl/α,β-unsaturated/α-hetero) is 1. The Hall–Kier alpha value is -3.24. The van der Waals surface area contributed by atoms with Crippen molar-refractivity contribution in [2.75, 3.05) is 13.7 Å². The predicted octanol–water partition coefficient (Wildman–Crippen LogP) is 2.12. The van der Waals surface area contributed by atoms with E-state index >= 15 is 0 Å². The molecule has 1 aromatic carbocycles. The van der Waals surface area contributed by atoms with E-state index in [0.717, 1.165) is 30.4 Å². The van der Waals surface area contributed by atoms with E-state index in [1.165, 1.54) is 0 Å². The number of carbonyl (C=O) groups excluding carboxylic acids is 4. The largest absolute Gasteiger partial charge is 0.497 e. The molecular weight excluding hydrogens is 526 g/mol. The van der Waals surface area contributed by atoms with E-state index in [1.54, 1.807) is 33.1 Å². The molecule has 10 heteroatoms. The Morgan fingerprint density at radius 3 is 2.27 bits per heavy atom. The maximum absolute atomic E-state index is 13.6. The van der Waals surface area contributed by atoms with Crippen LogP contribution >= 0.6 is 0 Å². The second-order valence-corrected chi connectivity index (χ2v) is 11.9. The molecule has 0 aromatic heterocycles. The molecule has 4 atom stereocenters. The minimum atomic E-state index is -0.979. The molecule has 1 heterocycles. The van der Waals surface area contributed by atoms with Crippen LogP contribution in [-0.4, -0.2) is 72.2 Å². The van der Waals surface area contributed by atoms with Gasteiger partial charge in [0.15, 0.2) is 5.78 Å². The van der Waals surface area contributed by atoms with Crippen LogP contribution in [0.4, 0.5) is 0 Å². The van der Waals surface area contributed by atoms with Gasteiger partial charge in [-0.1, -0.05) is 23.8 Å². The van der Waals surface area contributed by atoms with Gasteiger partial charge in [0.25, 0.3) is 0 Å². The highest BCUT2D eigenvalue weighted by Crippen LogP contribution is 2.31. The molecule has 2 fully saturated rings. The highest BCUT2D eigenvalue weighted by molar-refractivity contribution is 5.96. The number of amides is 3. The third-order valence-corrected chi connectivity index (χ3v) is 8.33. The summed E-state index contributed by atoms with van der Waals surface area (Å²) in [7, 11) is 1.57. The zero-order chi connectivity index (χ0) is 29.6. The molecule has 0 bridgehead atoms. The second kappa shape index (κ2) is 13.6. The molecule has 224 valence electrons. The Kier molecular flexibility index (Phi) is 10.2. The summed E-state index contributed by atoms with van der Waals surface area (Å²) < 4.78 is 10.4. The Bertz CT molecular complexity index is 1130. The highest BCUT2D eigenvalue weighted by atomic mass is 16.6. The van der Waals surface area contributed by atoms with Gasteiger partial charge in [0.05, 0.1) is 25.4 Å². The average Bonchev–Trinajstić information content (AvgIpc) is 3.67. The normalized spacial score (nSPS) is 25.7. The van der Waals surface area contributed by atoms with Gasteiger partial charge in [0, 0.05) is 12.3 Å². The van der Waals surface area contributed by atoms with Crippen molar-refractivity contribution < 1.29 is 33.8 Å². The van der Waals surface area contributed by atoms with Crippen molar-refractivity contribution in [3.05, 3.63) is 41.5 Å². The molecule has 10 nitrogen and oxygen atoms in total. The number of methoxy groups -OCH3 is 1. The fourth-order valence-electron chi connectivity index (χ4n) is 5.52. The number of hydrogen-bond donors (Lipinski definition) is 4. The molecule has 4 rings (SSSR count). The summed E-state index contributed by atoms with van der Waals surface area (Å²) in [6, 6.07) is 4.59. The Labute approximate surface area is 241 Å². The SMILES string of the molecule is COc1ccc(C[C@H](NC(=O)[C@@H](C)NC(=O)[C@H]2CC[C@@](C)(O)CC2)C(=O)N[C@@H](CC2=CCCC2)C(=O)[C@H]2CO2)cc1. The van der Waals surface area contributed by atoms with Crippen molar-refractivity contribution >= 4 is 23.5 Å². The number of hydrogen-bond acceptors (Lipinski definition) is 7. The molecule has 4 N–H and O–H groups in total. The van der Waals surface area contributed by atoms with Gasteiger partial charge in [-0.05, 0) is 82.9 Å². The van der Waals surface area contributed by atoms with Crippen LogP contribution in [0.3, 0.4) is 0 Å². The van der Waals surface area contributed by atoms with E-state index < -0.39 is 41.6 Å². The third kappa shape index (κ3) is 8.87. The van der Waals surface area contributed by atoms with Crippen LogP contribution in [0.25, 0.3) is 0 Å². The first-order valence-corrected chi connectivity index (χ1v) is 14.6. The number of epoxide rings is 1. The molecule has 3 amide bonds. The molecule has 1 saturated heterocycles. The standard InChI is InChI=1S/C31H43N3O7/c1-19(32-29(37)22-12-14-31(2,39)15-13-22)28(36)34-25(17-21-8-10-23(40-3)11-9-21)30(38)33-24(27(35)26-18-41-26)16-20-6-4-5-7-20/h6,8-11,19,22,24-26,39H,4-5,7,12-18H2,1-3H3,(H,32,37)(H,33,38)(H,34,36)/t19-,22-,24+,25+,26-,31+/m1/s1. The highest BCUT2D eigenvalue weighted by Gasteiger charge is 2.39. The van der Waals surface area contributed by atoms with Crippen molar-refractivity contribution in [1.29, 1.82) is 0 Å². The number of ketones is 1. The smallest absolute Gasteiger partial charge is 0.243 e. The summed E-state index contributed by atoms with van der Waals surface area (Å²) in [5.41, 5.74) is 1.17. The minimum absolute atomic E-state index is 0.159. The van der Waals surface area contributed by atoms with Crippen LogP contribution in [-0.2, 0) is 30.3 Å². The van der Waals surface area contributed by atoms with Crippen molar-refractivity contribution in [1.82, 2.24) is 16.0 Å². The number of ether oxygens (including phenoxy) is 2. The molecule has 1 aromatic rings. The van der Waals surface area contributed by atoms with Gasteiger partial charge in [-0.2, -0.15) is 0 Å². The molecule has 1 saturated carbocycles. The lowest BCUT2D eigenvalue weighted by Gasteiger charge is -2.32. The first-order chi connectivity index (χ1) is 19.5. The molecule has 2 aliphatic carbocycles. The zero-order valence-corrected chi connectivity index (χ0v) is 24.2. The van der Waals surface area contributed by atoms with Gasteiger partial charge in [-0.15, -0.1) is 0 Å². The molecule has 0 unspecified atom stereocenters. The number of allylic oxidation sites excluding steroid dienone is 1. The third-order valence-electron chi connectivity index (χ3n) is 8.33. The van der Waals surface area contributed by atoms with Gasteiger partial charge in [0.1, 0.15) is 23.9 Å². The van der Waals surface area contributed by atoms with Gasteiger partial charge in [-0.25, -0.2) is 0 Å². The Morgan fingerprint density at radius 2 is 1.68 bits per heavy atom. The summed E-state index contributed by atoms with van der Waals surface area (Å²) in [4.78, 5) is 52.7. The Morgan fingerprint density at radius 1 is 1.02 bits per heavy atom. The summed E-state index contributed by atoms with van der Waals surface area (Å²) in [5, 5.41) is 18.7. The number of aliphatic hydroxyl groups is 1. The first kappa shape index (κ1) is 30.7. The van der Waals surface area contributed by atoms with Crippen LogP contribution in [0, 0.1) is 5.92 Å². The number of nitrogens with one attached hydrogen (secondary N) is 3. The number of benzene rings is 1. The van der Waals surface area contributed by atoms with E-state index in [9.17, 15) is 24.3 Å². The number of carbonyl (C=O) groups is 4. The molecule has 1 aliphatic heterocycles. The second-order valence-electron chi connectivity index (χ2n) is 11.9. The van der Waals surface area contributed by atoms with Crippen molar-refractivity contribution in [3.63, 3.8) is 0 Å². The maximum atomic E-state index is 13.6. The van der Waals surface area contributed by atoms with Crippen LogP contribution in [0.5, 0.6) is 5.75 Å². The lowest BCUT2D eigenvalue weighted by atomic mass is 9.79. The van der Waals surface area contributed by atoms with Crippen molar-refractivity contribution in [3.8, 4) is 5.75 Å². The summed E-state index contributed by atoms with van der Waals surface area (Å²) in [5.74, 6) is -0.974. The van der Waals surface area contributed by atoms with Crippen LogP contribution in [0.15, 0.2) is 35.9 Å². The van der Waals surface area contributed by atoms with Crippen LogP contribution in [0.2, 0.25) is 0 Å². The van der Waals surface area contributed by atoms with E-state index in [2.05, 4.69) is 22.0 Å². The summed E-state index contributed by atoms with van der Waals surface area (Å²) >= 11 is 0. The van der Waals surface area contributed by atoms with Crippen molar-refractivity contribution in [2.45, 2.75) is 101 Å². The number of rotatable bonds is 13. The summed E-state index contributed by atoms with van der Waals surface area (Å²) in [6.45, 7) is 3.70. The molecule has 41 heavy (non-hydrogen) atoms. The Balaban J connectivity index is 1.43. The van der Waals surface area contributed by atoms with Gasteiger partial charge < -0.3 is 30.5 Å². The van der Waals surface area contributed by atoms with E-state index in [4.69, 9.17) is 9.47 Å². The molecule has 0 radical (unpaired) electrons. The van der Waals surface area contributed by atoms with Gasteiger partial charge >= 0.3 is 0 Å². The average molecular weight is 570 g/mol. The fourth-order valence-corrected chi connectivity index (χ4v) is 5.52. The van der Waals surface area contributed by atoms with Gasteiger partial charge in [0.2, 0.25) is 17.7 Å². The maximum Gasteiger partial charge on any atom is 0.243 e. The lowest BCUT2D eigenvalue weighted by molar-refractivity contribution is -0.134. The fraction of sp³-hybridized carbons (Fsp3) is 0.613. The molecular formula is C31H43N3O7. The van der Waals surface area contributed by atoms with Crippen LogP contribution < -0.4 is 20.7 Å². The molecule has 0 spiro atoms.